The van der Waals surface area contributed by atoms with Crippen molar-refractivity contribution in [1.82, 2.24) is 4.90 Å². The number of rotatable bonds is 0. The number of amides is 1. The van der Waals surface area contributed by atoms with Gasteiger partial charge < -0.3 is 4.90 Å². The molecule has 0 saturated carbocycles. The highest BCUT2D eigenvalue weighted by molar-refractivity contribution is 8.13. The Morgan fingerprint density at radius 3 is 2.00 bits per heavy atom. The third kappa shape index (κ3) is 2.25. The van der Waals surface area contributed by atoms with Crippen LogP contribution in [-0.4, -0.2) is 27.5 Å². The second kappa shape index (κ2) is 3.44. The van der Waals surface area contributed by atoms with Gasteiger partial charge in [0.25, 0.3) is 5.24 Å². The zero-order chi connectivity index (χ0) is 11.1. The Labute approximate surface area is 91.4 Å². The Balaban J connectivity index is 2.94. The number of carbonyl (C=O) groups excluding carboxylic acids is 1. The van der Waals surface area contributed by atoms with Crippen LogP contribution < -0.4 is 0 Å². The number of hydrogen-bond donors (Lipinski definition) is 0. The lowest BCUT2D eigenvalue weighted by Gasteiger charge is -2.42. The molecule has 0 bridgehead atoms. The lowest BCUT2D eigenvalue weighted by atomic mass is 9.85. The van der Waals surface area contributed by atoms with Crippen LogP contribution in [0.1, 0.15) is 41.5 Å². The molecule has 1 aliphatic rings. The van der Waals surface area contributed by atoms with E-state index in [9.17, 15) is 4.79 Å². The minimum Gasteiger partial charge on any atom is -0.324 e. The molecule has 82 valence electrons. The standard InChI is InChI=1S/C11H21NOS/c1-10(2,3)8-7-14-9(13)12(8)11(4,5)6/h8H,7H2,1-6H3. The van der Waals surface area contributed by atoms with E-state index in [4.69, 9.17) is 0 Å². The van der Waals surface area contributed by atoms with E-state index in [-0.39, 0.29) is 16.2 Å². The maximum atomic E-state index is 11.8. The van der Waals surface area contributed by atoms with Gasteiger partial charge in [-0.15, -0.1) is 0 Å². The second-order valence-corrected chi connectivity index (χ2v) is 6.97. The number of nitrogens with zero attached hydrogens (tertiary/aromatic N) is 1. The molecule has 1 amide bonds. The van der Waals surface area contributed by atoms with Gasteiger partial charge in [-0.1, -0.05) is 32.5 Å². The smallest absolute Gasteiger partial charge is 0.282 e. The van der Waals surface area contributed by atoms with Gasteiger partial charge in [-0.05, 0) is 26.2 Å². The van der Waals surface area contributed by atoms with Crippen molar-refractivity contribution >= 4 is 17.0 Å². The summed E-state index contributed by atoms with van der Waals surface area (Å²) in [4.78, 5) is 13.8. The molecule has 1 atom stereocenters. The molecule has 1 rings (SSSR count). The summed E-state index contributed by atoms with van der Waals surface area (Å²) in [6, 6.07) is 0.361. The van der Waals surface area contributed by atoms with Gasteiger partial charge in [0.15, 0.2) is 0 Å². The lowest BCUT2D eigenvalue weighted by molar-refractivity contribution is 0.0881. The van der Waals surface area contributed by atoms with Gasteiger partial charge in [0.2, 0.25) is 0 Å². The number of carbonyl (C=O) groups is 1. The van der Waals surface area contributed by atoms with E-state index in [1.54, 1.807) is 0 Å². The van der Waals surface area contributed by atoms with Crippen LogP contribution >= 0.6 is 11.8 Å². The predicted octanol–water partition coefficient (Wildman–Crippen LogP) is 3.37. The molecule has 1 unspecified atom stereocenters. The van der Waals surface area contributed by atoms with Crippen molar-refractivity contribution in [3.8, 4) is 0 Å². The summed E-state index contributed by atoms with van der Waals surface area (Å²) >= 11 is 1.45. The molecular formula is C11H21NOS. The van der Waals surface area contributed by atoms with Crippen molar-refractivity contribution in [3.63, 3.8) is 0 Å². The Hall–Kier alpha value is -0.180. The first-order valence-electron chi connectivity index (χ1n) is 5.10. The van der Waals surface area contributed by atoms with Crippen LogP contribution in [0.3, 0.4) is 0 Å². The summed E-state index contributed by atoms with van der Waals surface area (Å²) in [6.07, 6.45) is 0. The lowest BCUT2D eigenvalue weighted by Crippen LogP contribution is -2.51. The largest absolute Gasteiger partial charge is 0.324 e. The van der Waals surface area contributed by atoms with Crippen LogP contribution in [-0.2, 0) is 0 Å². The quantitative estimate of drug-likeness (QED) is 0.617. The highest BCUT2D eigenvalue weighted by atomic mass is 32.2. The van der Waals surface area contributed by atoms with Crippen LogP contribution in [0.4, 0.5) is 4.79 Å². The van der Waals surface area contributed by atoms with E-state index < -0.39 is 0 Å². The fraction of sp³-hybridized carbons (Fsp3) is 0.909. The molecule has 3 heteroatoms. The van der Waals surface area contributed by atoms with Gasteiger partial charge in [0, 0.05) is 17.3 Å². The fourth-order valence-corrected chi connectivity index (χ4v) is 3.29. The molecule has 0 radical (unpaired) electrons. The summed E-state index contributed by atoms with van der Waals surface area (Å²) in [6.45, 7) is 12.9. The Morgan fingerprint density at radius 1 is 1.21 bits per heavy atom. The first-order chi connectivity index (χ1) is 6.14. The third-order valence-electron chi connectivity index (χ3n) is 2.60. The minimum atomic E-state index is -0.0570. The van der Waals surface area contributed by atoms with Crippen LogP contribution in [0, 0.1) is 5.41 Å². The van der Waals surface area contributed by atoms with Crippen molar-refractivity contribution in [1.29, 1.82) is 0 Å². The van der Waals surface area contributed by atoms with Crippen molar-refractivity contribution in [2.24, 2.45) is 5.41 Å². The van der Waals surface area contributed by atoms with Crippen LogP contribution in [0.15, 0.2) is 0 Å². The molecule has 0 aromatic carbocycles. The van der Waals surface area contributed by atoms with Crippen molar-refractivity contribution in [3.05, 3.63) is 0 Å². The zero-order valence-electron chi connectivity index (χ0n) is 10.0. The van der Waals surface area contributed by atoms with E-state index in [1.807, 2.05) is 4.90 Å². The molecule has 0 aliphatic carbocycles. The summed E-state index contributed by atoms with van der Waals surface area (Å²) in [5, 5.41) is 0.234. The number of thioether (sulfide) groups is 1. The topological polar surface area (TPSA) is 20.3 Å². The van der Waals surface area contributed by atoms with Gasteiger partial charge in [-0.25, -0.2) is 0 Å². The maximum absolute atomic E-state index is 11.8. The summed E-state index contributed by atoms with van der Waals surface area (Å²) < 4.78 is 0. The van der Waals surface area contributed by atoms with Crippen molar-refractivity contribution in [2.45, 2.75) is 53.1 Å². The van der Waals surface area contributed by atoms with Gasteiger partial charge in [0.05, 0.1) is 0 Å². The summed E-state index contributed by atoms with van der Waals surface area (Å²) in [5.74, 6) is 0.930. The normalized spacial score (nSPS) is 24.6. The second-order valence-electron chi connectivity index (χ2n) is 6.00. The van der Waals surface area contributed by atoms with Gasteiger partial charge in [-0.3, -0.25) is 4.79 Å². The zero-order valence-corrected chi connectivity index (χ0v) is 10.9. The van der Waals surface area contributed by atoms with Crippen LogP contribution in [0.25, 0.3) is 0 Å². The molecule has 1 saturated heterocycles. The Bertz CT molecular complexity index is 237. The number of hydrogen-bond acceptors (Lipinski definition) is 2. The van der Waals surface area contributed by atoms with E-state index in [2.05, 4.69) is 41.5 Å². The fourth-order valence-electron chi connectivity index (χ4n) is 1.80. The molecular weight excluding hydrogens is 194 g/mol. The predicted molar refractivity (Wildman–Crippen MR) is 62.7 cm³/mol. The van der Waals surface area contributed by atoms with E-state index in [1.165, 1.54) is 11.8 Å². The molecule has 0 aromatic heterocycles. The van der Waals surface area contributed by atoms with Crippen molar-refractivity contribution in [2.75, 3.05) is 5.75 Å². The summed E-state index contributed by atoms with van der Waals surface area (Å²) in [5.41, 5.74) is 0.116. The molecule has 1 heterocycles. The highest BCUT2D eigenvalue weighted by Gasteiger charge is 2.44. The molecule has 14 heavy (non-hydrogen) atoms. The Morgan fingerprint density at radius 2 is 1.71 bits per heavy atom. The monoisotopic (exact) mass is 215 g/mol. The third-order valence-corrected chi connectivity index (χ3v) is 3.52. The SMILES string of the molecule is CC(C)(C)C1CSC(=O)N1C(C)(C)C. The van der Waals surface area contributed by atoms with E-state index in [0.717, 1.165) is 5.75 Å². The molecule has 1 fully saturated rings. The first-order valence-corrected chi connectivity index (χ1v) is 6.08. The average Bonchev–Trinajstić information content (AvgIpc) is 2.27. The molecule has 0 spiro atoms. The van der Waals surface area contributed by atoms with Gasteiger partial charge >= 0.3 is 0 Å². The Kier molecular flexibility index (Phi) is 2.92. The molecule has 0 N–H and O–H groups in total. The van der Waals surface area contributed by atoms with E-state index in [0.29, 0.717) is 6.04 Å². The minimum absolute atomic E-state index is 0.0570. The first kappa shape index (κ1) is 11.9. The van der Waals surface area contributed by atoms with Gasteiger partial charge in [-0.2, -0.15) is 0 Å². The molecule has 2 nitrogen and oxygen atoms in total. The van der Waals surface area contributed by atoms with E-state index >= 15 is 0 Å². The summed E-state index contributed by atoms with van der Waals surface area (Å²) in [7, 11) is 0. The highest BCUT2D eigenvalue weighted by Crippen LogP contribution is 2.39. The molecule has 0 aromatic rings. The van der Waals surface area contributed by atoms with Crippen molar-refractivity contribution < 1.29 is 4.79 Å². The maximum Gasteiger partial charge on any atom is 0.282 e. The van der Waals surface area contributed by atoms with Gasteiger partial charge in [0.1, 0.15) is 0 Å². The molecule has 1 aliphatic heterocycles. The average molecular weight is 215 g/mol. The van der Waals surface area contributed by atoms with Crippen LogP contribution in [0.2, 0.25) is 0 Å². The van der Waals surface area contributed by atoms with Crippen LogP contribution in [0.5, 0.6) is 0 Å².